The number of carbonyl (C=O) groups is 1. The Balaban J connectivity index is 2.10. The summed E-state index contributed by atoms with van der Waals surface area (Å²) in [7, 11) is 0. The van der Waals surface area contributed by atoms with E-state index in [9.17, 15) is 9.90 Å². The Labute approximate surface area is 128 Å². The molecule has 0 saturated carbocycles. The monoisotopic (exact) mass is 314 g/mol. The van der Waals surface area contributed by atoms with Crippen molar-refractivity contribution in [3.8, 4) is 0 Å². The minimum absolute atomic E-state index is 0.0311. The molecule has 1 heterocycles. The van der Waals surface area contributed by atoms with Gasteiger partial charge < -0.3 is 19.3 Å². The van der Waals surface area contributed by atoms with Gasteiger partial charge in [-0.1, -0.05) is 31.5 Å². The standard InChI is InChI=1S/C15H19ClO5/c1-9(2)13-19-8-15(3,18)14(21-13)20-12(17)10-5-4-6-11(16)7-10/h4-7,9,13-14,18H,8H2,1-3H3. The summed E-state index contributed by atoms with van der Waals surface area (Å²) in [6.45, 7) is 5.36. The van der Waals surface area contributed by atoms with Crippen molar-refractivity contribution in [3.05, 3.63) is 34.9 Å². The highest BCUT2D eigenvalue weighted by molar-refractivity contribution is 6.30. The molecular weight excluding hydrogens is 296 g/mol. The summed E-state index contributed by atoms with van der Waals surface area (Å²) >= 11 is 5.84. The second kappa shape index (κ2) is 6.32. The Bertz CT molecular complexity index is 515. The number of benzene rings is 1. The molecule has 1 N–H and O–H groups in total. The van der Waals surface area contributed by atoms with E-state index in [1.807, 2.05) is 13.8 Å². The third kappa shape index (κ3) is 3.95. The number of hydrogen-bond donors (Lipinski definition) is 1. The fourth-order valence-corrected chi connectivity index (χ4v) is 2.10. The highest BCUT2D eigenvalue weighted by Gasteiger charge is 2.44. The van der Waals surface area contributed by atoms with Crippen molar-refractivity contribution >= 4 is 17.6 Å². The lowest BCUT2D eigenvalue weighted by atomic mass is 10.1. The molecule has 1 aliphatic heterocycles. The van der Waals surface area contributed by atoms with Gasteiger partial charge in [-0.25, -0.2) is 4.79 Å². The highest BCUT2D eigenvalue weighted by atomic mass is 35.5. The third-order valence-corrected chi connectivity index (χ3v) is 3.36. The lowest BCUT2D eigenvalue weighted by Gasteiger charge is -2.40. The number of ether oxygens (including phenoxy) is 3. The Morgan fingerprint density at radius 2 is 2.24 bits per heavy atom. The molecule has 1 fully saturated rings. The van der Waals surface area contributed by atoms with Crippen LogP contribution in [0.25, 0.3) is 0 Å². The molecule has 3 unspecified atom stereocenters. The van der Waals surface area contributed by atoms with Crippen LogP contribution in [0.1, 0.15) is 31.1 Å². The Hall–Kier alpha value is -1.14. The Morgan fingerprint density at radius 1 is 1.52 bits per heavy atom. The van der Waals surface area contributed by atoms with Gasteiger partial charge in [0, 0.05) is 10.9 Å². The van der Waals surface area contributed by atoms with Crippen molar-refractivity contribution in [3.63, 3.8) is 0 Å². The van der Waals surface area contributed by atoms with Gasteiger partial charge >= 0.3 is 5.97 Å². The summed E-state index contributed by atoms with van der Waals surface area (Å²) in [6.07, 6.45) is -1.62. The molecule has 21 heavy (non-hydrogen) atoms. The van der Waals surface area contributed by atoms with E-state index in [0.717, 1.165) is 0 Å². The van der Waals surface area contributed by atoms with Crippen molar-refractivity contribution in [1.82, 2.24) is 0 Å². The lowest BCUT2D eigenvalue weighted by Crippen LogP contribution is -2.55. The van der Waals surface area contributed by atoms with Crippen LogP contribution in [0.3, 0.4) is 0 Å². The molecule has 1 aromatic rings. The zero-order valence-corrected chi connectivity index (χ0v) is 13.0. The van der Waals surface area contributed by atoms with Gasteiger partial charge in [0.2, 0.25) is 6.29 Å². The third-order valence-electron chi connectivity index (χ3n) is 3.12. The maximum absolute atomic E-state index is 12.1. The van der Waals surface area contributed by atoms with Gasteiger partial charge in [-0.2, -0.15) is 0 Å². The molecule has 0 amide bonds. The number of esters is 1. The summed E-state index contributed by atoms with van der Waals surface area (Å²) in [6, 6.07) is 6.40. The van der Waals surface area contributed by atoms with E-state index >= 15 is 0 Å². The summed E-state index contributed by atoms with van der Waals surface area (Å²) in [5.41, 5.74) is -1.10. The number of rotatable bonds is 3. The summed E-state index contributed by atoms with van der Waals surface area (Å²) in [5, 5.41) is 10.7. The van der Waals surface area contributed by atoms with Gasteiger partial charge in [0.15, 0.2) is 6.29 Å². The van der Waals surface area contributed by atoms with E-state index in [-0.39, 0.29) is 12.5 Å². The van der Waals surface area contributed by atoms with Crippen LogP contribution in [-0.4, -0.2) is 35.9 Å². The van der Waals surface area contributed by atoms with Crippen molar-refractivity contribution in [2.45, 2.75) is 39.0 Å². The molecule has 116 valence electrons. The van der Waals surface area contributed by atoms with Crippen LogP contribution >= 0.6 is 11.6 Å². The van der Waals surface area contributed by atoms with Crippen molar-refractivity contribution < 1.29 is 24.1 Å². The molecule has 2 rings (SSSR count). The van der Waals surface area contributed by atoms with E-state index in [1.54, 1.807) is 18.2 Å². The molecule has 5 nitrogen and oxygen atoms in total. The maximum Gasteiger partial charge on any atom is 0.340 e. The van der Waals surface area contributed by atoms with Crippen LogP contribution in [0.4, 0.5) is 0 Å². The highest BCUT2D eigenvalue weighted by Crippen LogP contribution is 2.27. The normalized spacial score (nSPS) is 29.4. The maximum atomic E-state index is 12.1. The molecule has 0 bridgehead atoms. The summed E-state index contributed by atoms with van der Waals surface area (Å²) in [5.74, 6) is -0.527. The molecule has 0 radical (unpaired) electrons. The largest absolute Gasteiger partial charge is 0.429 e. The van der Waals surface area contributed by atoms with Crippen LogP contribution in [0.2, 0.25) is 5.02 Å². The SMILES string of the molecule is CC(C)C1OCC(C)(O)C(OC(=O)c2cccc(Cl)c2)O1. The molecule has 6 heteroatoms. The van der Waals surface area contributed by atoms with Crippen molar-refractivity contribution in [1.29, 1.82) is 0 Å². The molecule has 1 saturated heterocycles. The predicted molar refractivity (Wildman–Crippen MR) is 76.9 cm³/mol. The molecule has 1 aliphatic rings. The van der Waals surface area contributed by atoms with Crippen molar-refractivity contribution in [2.24, 2.45) is 5.92 Å². The Kier molecular flexibility index (Phi) is 4.88. The first-order valence-electron chi connectivity index (χ1n) is 6.75. The molecule has 0 spiro atoms. The molecule has 3 atom stereocenters. The van der Waals surface area contributed by atoms with Gasteiger partial charge in [-0.3, -0.25) is 0 Å². The quantitative estimate of drug-likeness (QED) is 0.869. The second-order valence-electron chi connectivity index (χ2n) is 5.66. The fourth-order valence-electron chi connectivity index (χ4n) is 1.91. The summed E-state index contributed by atoms with van der Waals surface area (Å²) in [4.78, 5) is 12.1. The first-order chi connectivity index (χ1) is 9.79. The molecular formula is C15H19ClO5. The number of halogens is 1. The fraction of sp³-hybridized carbons (Fsp3) is 0.533. The first kappa shape index (κ1) is 16.2. The average molecular weight is 315 g/mol. The van der Waals surface area contributed by atoms with Crippen LogP contribution in [0.15, 0.2) is 24.3 Å². The minimum Gasteiger partial charge on any atom is -0.429 e. The molecule has 0 aliphatic carbocycles. The zero-order chi connectivity index (χ0) is 15.6. The molecule has 1 aromatic carbocycles. The Morgan fingerprint density at radius 3 is 2.86 bits per heavy atom. The van der Waals surface area contributed by atoms with Gasteiger partial charge in [-0.05, 0) is 25.1 Å². The van der Waals surface area contributed by atoms with E-state index in [0.29, 0.717) is 10.6 Å². The van der Waals surface area contributed by atoms with E-state index in [2.05, 4.69) is 0 Å². The van der Waals surface area contributed by atoms with Gasteiger partial charge in [0.25, 0.3) is 0 Å². The van der Waals surface area contributed by atoms with Gasteiger partial charge in [-0.15, -0.1) is 0 Å². The second-order valence-corrected chi connectivity index (χ2v) is 6.10. The van der Waals surface area contributed by atoms with Gasteiger partial charge in [0.1, 0.15) is 5.60 Å². The van der Waals surface area contributed by atoms with Crippen molar-refractivity contribution in [2.75, 3.05) is 6.61 Å². The van der Waals surface area contributed by atoms with Crippen LogP contribution in [-0.2, 0) is 14.2 Å². The first-order valence-corrected chi connectivity index (χ1v) is 7.13. The van der Waals surface area contributed by atoms with Gasteiger partial charge in [0.05, 0.1) is 12.2 Å². The van der Waals surface area contributed by atoms with Crippen LogP contribution < -0.4 is 0 Å². The van der Waals surface area contributed by atoms with Crippen LogP contribution in [0.5, 0.6) is 0 Å². The topological polar surface area (TPSA) is 65.0 Å². The summed E-state index contributed by atoms with van der Waals surface area (Å²) < 4.78 is 16.2. The van der Waals surface area contributed by atoms with Crippen LogP contribution in [0, 0.1) is 5.92 Å². The van der Waals surface area contributed by atoms with E-state index in [1.165, 1.54) is 13.0 Å². The lowest BCUT2D eigenvalue weighted by molar-refractivity contribution is -0.346. The average Bonchev–Trinajstić information content (AvgIpc) is 2.40. The zero-order valence-electron chi connectivity index (χ0n) is 12.2. The number of hydrogen-bond acceptors (Lipinski definition) is 5. The number of aliphatic hydroxyl groups is 1. The number of carbonyl (C=O) groups excluding carboxylic acids is 1. The predicted octanol–water partition coefficient (Wildman–Crippen LogP) is 2.60. The van der Waals surface area contributed by atoms with E-state index in [4.69, 9.17) is 25.8 Å². The van der Waals surface area contributed by atoms with E-state index < -0.39 is 24.2 Å². The minimum atomic E-state index is -1.40. The smallest absolute Gasteiger partial charge is 0.340 e. The molecule has 0 aromatic heterocycles.